The van der Waals surface area contributed by atoms with Crippen LogP contribution in [0.15, 0.2) is 0 Å². The molecule has 0 aromatic heterocycles. The summed E-state index contributed by atoms with van der Waals surface area (Å²) in [5.41, 5.74) is -0.993. The first-order valence-electron chi connectivity index (χ1n) is 8.15. The van der Waals surface area contributed by atoms with Crippen molar-refractivity contribution in [1.29, 1.82) is 0 Å². The number of rotatable bonds is 9. The number of aliphatic hydroxyl groups is 1. The molecule has 0 saturated heterocycles. The van der Waals surface area contributed by atoms with E-state index < -0.39 is 11.5 Å². The smallest absolute Gasteiger partial charge is 0.136 e. The van der Waals surface area contributed by atoms with Gasteiger partial charge in [0.05, 0.1) is 11.5 Å². The number of carbonyl (C=O) groups excluding carboxylic acids is 2. The van der Waals surface area contributed by atoms with Crippen LogP contribution in [-0.4, -0.2) is 22.3 Å². The number of carbonyl (C=O) groups is 2. The fraction of sp³-hybridized carbons (Fsp3) is 0.882. The summed E-state index contributed by atoms with van der Waals surface area (Å²) < 4.78 is 0. The molecule has 1 rings (SSSR count). The fourth-order valence-corrected chi connectivity index (χ4v) is 3.54. The Kier molecular flexibility index (Phi) is 6.87. The number of Topliss-reactive ketones (excluding diaryl/α,β-unsaturated/α-hetero) is 2. The second-order valence-corrected chi connectivity index (χ2v) is 6.57. The van der Waals surface area contributed by atoms with Crippen LogP contribution >= 0.6 is 0 Å². The van der Waals surface area contributed by atoms with Gasteiger partial charge in [0.25, 0.3) is 0 Å². The highest BCUT2D eigenvalue weighted by Gasteiger charge is 2.48. The van der Waals surface area contributed by atoms with Gasteiger partial charge in [0.15, 0.2) is 0 Å². The maximum atomic E-state index is 12.3. The van der Waals surface area contributed by atoms with Crippen molar-refractivity contribution in [2.45, 2.75) is 84.2 Å². The zero-order chi connectivity index (χ0) is 15.2. The molecule has 116 valence electrons. The van der Waals surface area contributed by atoms with Gasteiger partial charge in [0.1, 0.15) is 11.6 Å². The van der Waals surface area contributed by atoms with E-state index >= 15 is 0 Å². The van der Waals surface area contributed by atoms with Crippen molar-refractivity contribution in [1.82, 2.24) is 0 Å². The summed E-state index contributed by atoms with van der Waals surface area (Å²) in [5, 5.41) is 10.2. The molecule has 1 fully saturated rings. The molecule has 0 bridgehead atoms. The lowest BCUT2D eigenvalue weighted by Crippen LogP contribution is -2.38. The summed E-state index contributed by atoms with van der Waals surface area (Å²) in [5.74, 6) is -0.611. The average Bonchev–Trinajstić information content (AvgIpc) is 2.69. The lowest BCUT2D eigenvalue weighted by Gasteiger charge is -2.26. The van der Waals surface area contributed by atoms with Crippen molar-refractivity contribution < 1.29 is 14.7 Å². The van der Waals surface area contributed by atoms with Gasteiger partial charge in [-0.15, -0.1) is 0 Å². The van der Waals surface area contributed by atoms with E-state index in [1.165, 1.54) is 32.6 Å². The maximum absolute atomic E-state index is 12.3. The van der Waals surface area contributed by atoms with Crippen molar-refractivity contribution in [3.8, 4) is 0 Å². The predicted molar refractivity (Wildman–Crippen MR) is 80.5 cm³/mol. The zero-order valence-electron chi connectivity index (χ0n) is 13.3. The van der Waals surface area contributed by atoms with Crippen molar-refractivity contribution in [2.24, 2.45) is 11.8 Å². The monoisotopic (exact) mass is 282 g/mol. The van der Waals surface area contributed by atoms with Crippen LogP contribution in [-0.2, 0) is 9.59 Å². The molecule has 0 spiro atoms. The molecule has 1 saturated carbocycles. The molecule has 1 aliphatic rings. The fourth-order valence-electron chi connectivity index (χ4n) is 3.54. The Morgan fingerprint density at radius 1 is 1.15 bits per heavy atom. The van der Waals surface area contributed by atoms with Gasteiger partial charge in [-0.3, -0.25) is 9.59 Å². The molecule has 0 amide bonds. The lowest BCUT2D eigenvalue weighted by molar-refractivity contribution is -0.136. The molecule has 3 heteroatoms. The van der Waals surface area contributed by atoms with Crippen LogP contribution in [0.25, 0.3) is 0 Å². The molecule has 1 N–H and O–H groups in total. The molecule has 0 heterocycles. The van der Waals surface area contributed by atoms with Crippen LogP contribution in [0.2, 0.25) is 0 Å². The van der Waals surface area contributed by atoms with Gasteiger partial charge in [0.2, 0.25) is 0 Å². The van der Waals surface area contributed by atoms with Crippen molar-refractivity contribution in [3.63, 3.8) is 0 Å². The Labute approximate surface area is 123 Å². The first-order chi connectivity index (χ1) is 9.40. The Bertz CT molecular complexity index is 333. The van der Waals surface area contributed by atoms with Crippen LogP contribution in [0.3, 0.4) is 0 Å². The quantitative estimate of drug-likeness (QED) is 0.656. The number of hydrogen-bond acceptors (Lipinski definition) is 3. The Hall–Kier alpha value is -0.700. The third-order valence-corrected chi connectivity index (χ3v) is 4.66. The highest BCUT2D eigenvalue weighted by atomic mass is 16.3. The van der Waals surface area contributed by atoms with Gasteiger partial charge in [0, 0.05) is 12.3 Å². The van der Waals surface area contributed by atoms with Crippen LogP contribution in [0, 0.1) is 11.8 Å². The van der Waals surface area contributed by atoms with E-state index in [4.69, 9.17) is 0 Å². The molecule has 0 aliphatic heterocycles. The van der Waals surface area contributed by atoms with Crippen molar-refractivity contribution in [2.75, 3.05) is 0 Å². The van der Waals surface area contributed by atoms with Gasteiger partial charge in [-0.1, -0.05) is 39.0 Å². The molecule has 0 radical (unpaired) electrons. The number of ketones is 2. The molecular formula is C17H30O3. The van der Waals surface area contributed by atoms with Gasteiger partial charge in [-0.25, -0.2) is 0 Å². The van der Waals surface area contributed by atoms with E-state index in [-0.39, 0.29) is 17.5 Å². The van der Waals surface area contributed by atoms with Gasteiger partial charge >= 0.3 is 0 Å². The minimum absolute atomic E-state index is 0.0474. The van der Waals surface area contributed by atoms with Crippen molar-refractivity contribution >= 4 is 11.6 Å². The minimum atomic E-state index is -0.993. The predicted octanol–water partition coefficient (Wildman–Crippen LogP) is 3.67. The number of unbranched alkanes of at least 4 members (excludes halogenated alkanes) is 5. The molecule has 3 atom stereocenters. The maximum Gasteiger partial charge on any atom is 0.136 e. The van der Waals surface area contributed by atoms with E-state index in [1.54, 1.807) is 6.92 Å². The largest absolute Gasteiger partial charge is 0.389 e. The third kappa shape index (κ3) is 4.69. The number of hydrogen-bond donors (Lipinski definition) is 1. The Balaban J connectivity index is 2.37. The molecule has 20 heavy (non-hydrogen) atoms. The molecule has 1 aliphatic carbocycles. The highest BCUT2D eigenvalue weighted by Crippen LogP contribution is 2.41. The topological polar surface area (TPSA) is 54.4 Å². The summed E-state index contributed by atoms with van der Waals surface area (Å²) >= 11 is 0. The first-order valence-corrected chi connectivity index (χ1v) is 8.15. The van der Waals surface area contributed by atoms with E-state index in [0.717, 1.165) is 12.8 Å². The molecule has 0 aromatic rings. The van der Waals surface area contributed by atoms with Crippen molar-refractivity contribution in [3.05, 3.63) is 0 Å². The zero-order valence-corrected chi connectivity index (χ0v) is 13.3. The van der Waals surface area contributed by atoms with Gasteiger partial charge < -0.3 is 5.11 Å². The third-order valence-electron chi connectivity index (χ3n) is 4.66. The van der Waals surface area contributed by atoms with Crippen LogP contribution in [0.1, 0.15) is 78.6 Å². The SMILES string of the molecule is CCCCCCCCC(=O)[C@H]1CC[C@@](C)(O)[C@@H]1C(C)=O. The highest BCUT2D eigenvalue weighted by molar-refractivity contribution is 5.90. The van der Waals surface area contributed by atoms with Gasteiger partial charge in [-0.2, -0.15) is 0 Å². The first kappa shape index (κ1) is 17.4. The summed E-state index contributed by atoms with van der Waals surface area (Å²) in [6.07, 6.45) is 8.75. The second-order valence-electron chi connectivity index (χ2n) is 6.57. The standard InChI is InChI=1S/C17H30O3/c1-4-5-6-7-8-9-10-15(19)14-11-12-17(3,20)16(14)13(2)18/h14,16,20H,4-12H2,1-3H3/t14-,16-,17-/m1/s1. The molecular weight excluding hydrogens is 252 g/mol. The second kappa shape index (κ2) is 7.92. The van der Waals surface area contributed by atoms with E-state index in [1.807, 2.05) is 0 Å². The van der Waals surface area contributed by atoms with Gasteiger partial charge in [-0.05, 0) is 33.1 Å². The van der Waals surface area contributed by atoms with Crippen LogP contribution < -0.4 is 0 Å². The lowest BCUT2D eigenvalue weighted by atomic mass is 9.81. The Morgan fingerprint density at radius 3 is 2.35 bits per heavy atom. The molecule has 3 nitrogen and oxygen atoms in total. The summed E-state index contributed by atoms with van der Waals surface area (Å²) in [6, 6.07) is 0. The summed E-state index contributed by atoms with van der Waals surface area (Å²) in [4.78, 5) is 24.0. The molecule has 0 unspecified atom stereocenters. The molecule has 0 aromatic carbocycles. The van der Waals surface area contributed by atoms with E-state index in [0.29, 0.717) is 19.3 Å². The van der Waals surface area contributed by atoms with Crippen LogP contribution in [0.4, 0.5) is 0 Å². The summed E-state index contributed by atoms with van der Waals surface area (Å²) in [7, 11) is 0. The normalized spacial score (nSPS) is 29.6. The minimum Gasteiger partial charge on any atom is -0.389 e. The van der Waals surface area contributed by atoms with E-state index in [2.05, 4.69) is 6.92 Å². The Morgan fingerprint density at radius 2 is 1.75 bits per heavy atom. The van der Waals surface area contributed by atoms with Crippen LogP contribution in [0.5, 0.6) is 0 Å². The van der Waals surface area contributed by atoms with E-state index in [9.17, 15) is 14.7 Å². The summed E-state index contributed by atoms with van der Waals surface area (Å²) in [6.45, 7) is 5.38. The average molecular weight is 282 g/mol.